The molecule has 4 nitrogen and oxygen atoms in total. The molecule has 2 heterocycles. The minimum Gasteiger partial charge on any atom is -0.351 e. The molecule has 4 aromatic rings. The van der Waals surface area contributed by atoms with Crippen LogP contribution in [0.2, 0.25) is 0 Å². The second kappa shape index (κ2) is 4.70. The van der Waals surface area contributed by atoms with Gasteiger partial charge < -0.3 is 9.97 Å². The van der Waals surface area contributed by atoms with Crippen LogP contribution in [-0.2, 0) is 0 Å². The first-order chi connectivity index (χ1) is 10.8. The van der Waals surface area contributed by atoms with Crippen molar-refractivity contribution in [2.45, 2.75) is 0 Å². The lowest BCUT2D eigenvalue weighted by Gasteiger charge is -2.02. The first-order valence-electron chi connectivity index (χ1n) is 7.00. The zero-order valence-electron chi connectivity index (χ0n) is 11.8. The van der Waals surface area contributed by atoms with Gasteiger partial charge in [0.05, 0.1) is 16.6 Å². The van der Waals surface area contributed by atoms with E-state index < -0.39 is 0 Å². The van der Waals surface area contributed by atoms with E-state index in [0.717, 1.165) is 22.2 Å². The van der Waals surface area contributed by atoms with Gasteiger partial charge >= 0.3 is 0 Å². The summed E-state index contributed by atoms with van der Waals surface area (Å²) in [4.78, 5) is 23.0. The van der Waals surface area contributed by atoms with Gasteiger partial charge in [-0.3, -0.25) is 4.79 Å². The lowest BCUT2D eigenvalue weighted by molar-refractivity contribution is 1.16. The zero-order chi connectivity index (χ0) is 15.1. The highest BCUT2D eigenvalue weighted by atomic mass is 16.1. The lowest BCUT2D eigenvalue weighted by Crippen LogP contribution is -2.09. The fourth-order valence-electron chi connectivity index (χ4n) is 2.77. The number of benzene rings is 2. The molecule has 0 atom stereocenters. The molecule has 0 amide bonds. The van der Waals surface area contributed by atoms with Crippen LogP contribution in [0.4, 0.5) is 0 Å². The van der Waals surface area contributed by atoms with Crippen molar-refractivity contribution < 1.29 is 0 Å². The molecule has 2 aromatic carbocycles. The summed E-state index contributed by atoms with van der Waals surface area (Å²) < 4.78 is 0. The van der Waals surface area contributed by atoms with Gasteiger partial charge in [0, 0.05) is 16.5 Å². The van der Waals surface area contributed by atoms with Crippen LogP contribution in [0.15, 0.2) is 59.9 Å². The van der Waals surface area contributed by atoms with E-state index in [2.05, 4.69) is 21.5 Å². The zero-order valence-corrected chi connectivity index (χ0v) is 11.8. The van der Waals surface area contributed by atoms with E-state index in [1.54, 1.807) is 12.1 Å². The summed E-state index contributed by atoms with van der Waals surface area (Å²) in [6, 6.07) is 15.3. The van der Waals surface area contributed by atoms with Gasteiger partial charge in [-0.25, -0.2) is 4.98 Å². The minimum absolute atomic E-state index is 0.144. The van der Waals surface area contributed by atoms with Crippen molar-refractivity contribution in [1.82, 2.24) is 15.0 Å². The van der Waals surface area contributed by atoms with Gasteiger partial charge in [0.2, 0.25) is 0 Å². The van der Waals surface area contributed by atoms with Gasteiger partial charge in [-0.05, 0) is 18.2 Å². The van der Waals surface area contributed by atoms with Crippen LogP contribution in [-0.4, -0.2) is 15.0 Å². The van der Waals surface area contributed by atoms with E-state index in [0.29, 0.717) is 16.7 Å². The maximum Gasteiger partial charge on any atom is 0.259 e. The quantitative estimate of drug-likeness (QED) is 0.590. The SMILES string of the molecule is C=Cc1c(-c2nc3ccccc3c(=O)[nH]2)[nH]c2ccccc12. The van der Waals surface area contributed by atoms with Gasteiger partial charge in [0.25, 0.3) is 5.56 Å². The molecule has 2 aromatic heterocycles. The van der Waals surface area contributed by atoms with E-state index in [1.165, 1.54) is 0 Å². The van der Waals surface area contributed by atoms with Crippen LogP contribution in [0, 0.1) is 0 Å². The number of aromatic amines is 2. The first-order valence-corrected chi connectivity index (χ1v) is 7.00. The van der Waals surface area contributed by atoms with Gasteiger partial charge in [-0.1, -0.05) is 43.0 Å². The molecule has 0 radical (unpaired) electrons. The third kappa shape index (κ3) is 1.78. The molecule has 0 aliphatic carbocycles. The van der Waals surface area contributed by atoms with Gasteiger partial charge in [0.1, 0.15) is 0 Å². The van der Waals surface area contributed by atoms with Gasteiger partial charge in [-0.15, -0.1) is 0 Å². The summed E-state index contributed by atoms with van der Waals surface area (Å²) in [5, 5.41) is 1.64. The number of rotatable bonds is 2. The second-order valence-electron chi connectivity index (χ2n) is 5.10. The van der Waals surface area contributed by atoms with Crippen molar-refractivity contribution in [2.24, 2.45) is 0 Å². The molecule has 0 aliphatic rings. The Balaban J connectivity index is 2.07. The maximum atomic E-state index is 12.3. The molecular weight excluding hydrogens is 274 g/mol. The summed E-state index contributed by atoms with van der Waals surface area (Å²) in [6.07, 6.45) is 1.78. The van der Waals surface area contributed by atoms with Crippen LogP contribution >= 0.6 is 0 Å². The summed E-state index contributed by atoms with van der Waals surface area (Å²) in [6.45, 7) is 3.88. The number of nitrogens with one attached hydrogen (secondary N) is 2. The Kier molecular flexibility index (Phi) is 2.69. The topological polar surface area (TPSA) is 61.5 Å². The molecule has 0 saturated carbocycles. The Labute approximate surface area is 126 Å². The number of nitrogens with zero attached hydrogens (tertiary/aromatic N) is 1. The minimum atomic E-state index is -0.144. The Hall–Kier alpha value is -3.14. The summed E-state index contributed by atoms with van der Waals surface area (Å²) >= 11 is 0. The van der Waals surface area contributed by atoms with Crippen LogP contribution in [0.1, 0.15) is 5.56 Å². The Morgan fingerprint density at radius 3 is 2.50 bits per heavy atom. The predicted octanol–water partition coefficient (Wildman–Crippen LogP) is 3.71. The van der Waals surface area contributed by atoms with Crippen LogP contribution in [0.25, 0.3) is 39.4 Å². The molecule has 0 aliphatic heterocycles. The van der Waals surface area contributed by atoms with Crippen LogP contribution < -0.4 is 5.56 Å². The molecule has 4 rings (SSSR count). The van der Waals surface area contributed by atoms with E-state index in [1.807, 2.05) is 42.5 Å². The van der Waals surface area contributed by atoms with E-state index in [9.17, 15) is 4.79 Å². The van der Waals surface area contributed by atoms with Crippen molar-refractivity contribution >= 4 is 27.9 Å². The first kappa shape index (κ1) is 12.6. The summed E-state index contributed by atoms with van der Waals surface area (Å²) in [5.41, 5.74) is 3.24. The van der Waals surface area contributed by atoms with E-state index in [4.69, 9.17) is 0 Å². The van der Waals surface area contributed by atoms with Crippen molar-refractivity contribution in [2.75, 3.05) is 0 Å². The fourth-order valence-corrected chi connectivity index (χ4v) is 2.77. The number of H-pyrrole nitrogens is 2. The molecule has 0 bridgehead atoms. The molecule has 0 spiro atoms. The Morgan fingerprint density at radius 2 is 1.68 bits per heavy atom. The molecule has 106 valence electrons. The average Bonchev–Trinajstić information content (AvgIpc) is 2.93. The molecule has 0 unspecified atom stereocenters. The standard InChI is InChI=1S/C18H13N3O/c1-2-11-12-7-3-5-9-14(12)19-16(11)17-20-15-10-6-4-8-13(15)18(22)21-17/h2-10,19H,1H2,(H,20,21,22). The molecular formula is C18H13N3O. The third-order valence-corrected chi connectivity index (χ3v) is 3.80. The number of hydrogen-bond acceptors (Lipinski definition) is 2. The Morgan fingerprint density at radius 1 is 0.955 bits per heavy atom. The molecule has 4 heteroatoms. The number of fused-ring (bicyclic) bond motifs is 2. The molecule has 2 N–H and O–H groups in total. The molecule has 22 heavy (non-hydrogen) atoms. The molecule has 0 saturated heterocycles. The smallest absolute Gasteiger partial charge is 0.259 e. The average molecular weight is 287 g/mol. The third-order valence-electron chi connectivity index (χ3n) is 3.80. The highest BCUT2D eigenvalue weighted by molar-refractivity contribution is 5.95. The summed E-state index contributed by atoms with van der Waals surface area (Å²) in [7, 11) is 0. The number of hydrogen-bond donors (Lipinski definition) is 2. The highest BCUT2D eigenvalue weighted by Crippen LogP contribution is 2.29. The number of para-hydroxylation sites is 2. The van der Waals surface area contributed by atoms with Gasteiger partial charge in [0.15, 0.2) is 5.82 Å². The van der Waals surface area contributed by atoms with Crippen molar-refractivity contribution in [3.8, 4) is 11.5 Å². The Bertz CT molecular complexity index is 1070. The van der Waals surface area contributed by atoms with Crippen LogP contribution in [0.5, 0.6) is 0 Å². The normalized spacial score (nSPS) is 11.1. The monoisotopic (exact) mass is 287 g/mol. The maximum absolute atomic E-state index is 12.3. The largest absolute Gasteiger partial charge is 0.351 e. The number of aromatic nitrogens is 3. The van der Waals surface area contributed by atoms with Gasteiger partial charge in [-0.2, -0.15) is 0 Å². The predicted molar refractivity (Wildman–Crippen MR) is 89.7 cm³/mol. The second-order valence-corrected chi connectivity index (χ2v) is 5.10. The highest BCUT2D eigenvalue weighted by Gasteiger charge is 2.13. The summed E-state index contributed by atoms with van der Waals surface area (Å²) in [5.74, 6) is 0.523. The molecule has 0 fully saturated rings. The van der Waals surface area contributed by atoms with E-state index >= 15 is 0 Å². The van der Waals surface area contributed by atoms with Crippen molar-refractivity contribution in [1.29, 1.82) is 0 Å². The van der Waals surface area contributed by atoms with Crippen molar-refractivity contribution in [3.63, 3.8) is 0 Å². The lowest BCUT2D eigenvalue weighted by atomic mass is 10.1. The van der Waals surface area contributed by atoms with E-state index in [-0.39, 0.29) is 5.56 Å². The fraction of sp³-hybridized carbons (Fsp3) is 0. The van der Waals surface area contributed by atoms with Crippen molar-refractivity contribution in [3.05, 3.63) is 71.0 Å². The van der Waals surface area contributed by atoms with Crippen LogP contribution in [0.3, 0.4) is 0 Å².